The SMILES string of the molecule is CC(C)(C)C1CCOCC1C(C)(C)C.CC(C)(C)C1CNCC1C(C)(C)C.CC(C)(C)C1COCC1C(C)(C)C.CC(C)(C)c1ccccc1C(C)(C)C.CC(C)(C)c1cn[nH]c1C(C)(C)C.CC(C)(C)c1cn[nH]c1C(C)(C)C. The highest BCUT2D eigenvalue weighted by Crippen LogP contribution is 2.47. The summed E-state index contributed by atoms with van der Waals surface area (Å²) in [6.45, 7) is 88.6. The summed E-state index contributed by atoms with van der Waals surface area (Å²) in [6, 6.07) is 8.77. The Bertz CT molecular complexity index is 1970. The number of ether oxygens (including phenoxy) is 2. The third-order valence-corrected chi connectivity index (χ3v) is 17.3. The zero-order valence-corrected chi connectivity index (χ0v) is 60.1. The third-order valence-electron chi connectivity index (χ3n) is 17.3. The smallest absolute Gasteiger partial charge is 0.0527 e. The van der Waals surface area contributed by atoms with Crippen LogP contribution in [0.4, 0.5) is 0 Å². The number of hydrogen-bond donors (Lipinski definition) is 3. The van der Waals surface area contributed by atoms with Gasteiger partial charge in [0.15, 0.2) is 0 Å². The minimum Gasteiger partial charge on any atom is -0.381 e. The van der Waals surface area contributed by atoms with Gasteiger partial charge in [-0.05, 0) is 131 Å². The van der Waals surface area contributed by atoms with Gasteiger partial charge in [0.1, 0.15) is 0 Å². The van der Waals surface area contributed by atoms with Gasteiger partial charge in [0.2, 0.25) is 0 Å². The molecule has 0 saturated carbocycles. The molecule has 1 aromatic carbocycles. The Hall–Kier alpha value is -2.48. The fourth-order valence-electron chi connectivity index (χ4n) is 12.0. The van der Waals surface area contributed by atoms with Gasteiger partial charge < -0.3 is 14.8 Å². The van der Waals surface area contributed by atoms with Crippen molar-refractivity contribution in [2.75, 3.05) is 39.5 Å². The van der Waals surface area contributed by atoms with Gasteiger partial charge in [-0.2, -0.15) is 10.2 Å². The first-order valence-corrected chi connectivity index (χ1v) is 31.4. The van der Waals surface area contributed by atoms with E-state index in [0.29, 0.717) is 50.2 Å². The fourth-order valence-corrected chi connectivity index (χ4v) is 12.0. The van der Waals surface area contributed by atoms with Gasteiger partial charge in [0, 0.05) is 28.8 Å². The van der Waals surface area contributed by atoms with Gasteiger partial charge >= 0.3 is 0 Å². The average molecular weight is 1120 g/mol. The van der Waals surface area contributed by atoms with Gasteiger partial charge in [0.05, 0.1) is 32.2 Å². The summed E-state index contributed by atoms with van der Waals surface area (Å²) in [4.78, 5) is 0. The van der Waals surface area contributed by atoms with Crippen LogP contribution >= 0.6 is 0 Å². The van der Waals surface area contributed by atoms with Crippen molar-refractivity contribution in [3.63, 3.8) is 0 Å². The van der Waals surface area contributed by atoms with Crippen LogP contribution in [0, 0.1) is 68.0 Å². The molecule has 0 spiro atoms. The zero-order valence-electron chi connectivity index (χ0n) is 60.1. The third kappa shape index (κ3) is 24.2. The molecule has 3 saturated heterocycles. The van der Waals surface area contributed by atoms with E-state index in [2.05, 4.69) is 299 Å². The van der Waals surface area contributed by atoms with Crippen molar-refractivity contribution < 1.29 is 9.47 Å². The standard InChI is InChI=1S/C14H22.C13H26O.C12H25N.C12H24O.2C11H20N2/c1-13(2,3)11-9-7-8-10-12(11)14(4,5)6;1-12(2,3)10-7-8-14-9-11(10)13(4,5)6;2*1-11(2,3)9-7-13-8-10(9)12(4,5)6;2*1-10(2,3)8-7-12-13-9(8)11(4,5)6/h7-10H,1-6H3;10-11H,7-9H2,1-6H3;9-10,13H,7-8H2,1-6H3;9-10H,7-8H2,1-6H3;2*7H,1-6H3,(H,12,13). The van der Waals surface area contributed by atoms with E-state index >= 15 is 0 Å². The van der Waals surface area contributed by atoms with Crippen molar-refractivity contribution in [3.8, 4) is 0 Å². The normalized spacial score (nSPS) is 22.0. The lowest BCUT2D eigenvalue weighted by Gasteiger charge is -2.46. The first kappa shape index (κ1) is 75.5. The summed E-state index contributed by atoms with van der Waals surface area (Å²) in [7, 11) is 0. The molecule has 3 aromatic rings. The molecule has 6 rings (SSSR count). The Morgan fingerprint density at radius 1 is 0.325 bits per heavy atom. The van der Waals surface area contributed by atoms with Crippen molar-refractivity contribution in [1.29, 1.82) is 0 Å². The first-order valence-electron chi connectivity index (χ1n) is 31.4. The lowest BCUT2D eigenvalue weighted by Crippen LogP contribution is -2.42. The molecule has 3 aliphatic rings. The van der Waals surface area contributed by atoms with Gasteiger partial charge in [0.25, 0.3) is 0 Å². The molecular formula is C73H137N5O2. The molecule has 6 atom stereocenters. The van der Waals surface area contributed by atoms with Crippen molar-refractivity contribution in [1.82, 2.24) is 25.7 Å². The minimum atomic E-state index is 0.152. The van der Waals surface area contributed by atoms with Crippen LogP contribution in [0.15, 0.2) is 36.7 Å². The van der Waals surface area contributed by atoms with Crippen LogP contribution in [0.3, 0.4) is 0 Å². The second-order valence-corrected chi connectivity index (χ2v) is 37.3. The number of nitrogens with one attached hydrogen (secondary N) is 3. The summed E-state index contributed by atoms with van der Waals surface area (Å²) in [5.41, 5.74) is 11.7. The van der Waals surface area contributed by atoms with Crippen LogP contribution in [-0.4, -0.2) is 59.9 Å². The monoisotopic (exact) mass is 1120 g/mol. The fraction of sp³-hybridized carbons (Fsp3) is 0.836. The molecule has 0 bridgehead atoms. The lowest BCUT2D eigenvalue weighted by atomic mass is 9.63. The molecule has 6 unspecified atom stereocenters. The van der Waals surface area contributed by atoms with Gasteiger partial charge in [-0.15, -0.1) is 0 Å². The minimum absolute atomic E-state index is 0.152. The van der Waals surface area contributed by atoms with Crippen LogP contribution in [0.25, 0.3) is 0 Å². The Morgan fingerprint density at radius 3 is 0.812 bits per heavy atom. The van der Waals surface area contributed by atoms with Crippen LogP contribution in [0.1, 0.15) is 289 Å². The number of nitrogens with zero attached hydrogens (tertiary/aromatic N) is 2. The Morgan fingerprint density at radius 2 is 0.588 bits per heavy atom. The van der Waals surface area contributed by atoms with Gasteiger partial charge in [-0.1, -0.05) is 274 Å². The van der Waals surface area contributed by atoms with Crippen molar-refractivity contribution in [3.05, 3.63) is 70.3 Å². The first-order chi connectivity index (χ1) is 35.4. The van der Waals surface area contributed by atoms with Gasteiger partial charge in [-0.25, -0.2) is 0 Å². The second-order valence-electron chi connectivity index (χ2n) is 37.3. The van der Waals surface area contributed by atoms with Gasteiger partial charge in [-0.3, -0.25) is 10.2 Å². The molecule has 2 aromatic heterocycles. The second kappa shape index (κ2) is 27.7. The summed E-state index contributed by atoms with van der Waals surface area (Å²) in [5, 5.41) is 18.0. The summed E-state index contributed by atoms with van der Waals surface area (Å²) < 4.78 is 11.3. The zero-order chi connectivity index (χ0) is 63.1. The Labute approximate surface area is 498 Å². The predicted molar refractivity (Wildman–Crippen MR) is 353 cm³/mol. The van der Waals surface area contributed by atoms with E-state index in [1.807, 2.05) is 12.4 Å². The van der Waals surface area contributed by atoms with Crippen LogP contribution in [-0.2, 0) is 42.0 Å². The Kier molecular flexibility index (Phi) is 26.2. The van der Waals surface area contributed by atoms with Crippen LogP contribution in [0.2, 0.25) is 0 Å². The van der Waals surface area contributed by atoms with Crippen LogP contribution in [0.5, 0.6) is 0 Å². The molecule has 0 aliphatic carbocycles. The number of benzene rings is 1. The average Bonchev–Trinajstić information content (AvgIpc) is 4.08. The van der Waals surface area contributed by atoms with E-state index in [1.54, 1.807) is 0 Å². The predicted octanol–water partition coefficient (Wildman–Crippen LogP) is 20.3. The molecule has 0 radical (unpaired) electrons. The molecule has 0 amide bonds. The number of hydrogen-bond acceptors (Lipinski definition) is 5. The number of aromatic amines is 2. The molecule has 7 heteroatoms. The van der Waals surface area contributed by atoms with Crippen molar-refractivity contribution >= 4 is 0 Å². The maximum Gasteiger partial charge on any atom is 0.0527 e. The highest BCUT2D eigenvalue weighted by Gasteiger charge is 2.44. The highest BCUT2D eigenvalue weighted by atomic mass is 16.5. The summed E-state index contributed by atoms with van der Waals surface area (Å²) in [6.07, 6.45) is 5.12. The van der Waals surface area contributed by atoms with E-state index in [-0.39, 0.29) is 32.5 Å². The highest BCUT2D eigenvalue weighted by molar-refractivity contribution is 5.37. The molecule has 5 heterocycles. The summed E-state index contributed by atoms with van der Waals surface area (Å²) >= 11 is 0. The molecule has 80 heavy (non-hydrogen) atoms. The molecule has 3 fully saturated rings. The van der Waals surface area contributed by atoms with Crippen LogP contribution < -0.4 is 5.32 Å². The number of aromatic nitrogens is 4. The largest absolute Gasteiger partial charge is 0.381 e. The van der Waals surface area contributed by atoms with E-state index < -0.39 is 0 Å². The summed E-state index contributed by atoms with van der Waals surface area (Å²) in [5.74, 6) is 4.59. The molecular weight excluding hydrogens is 979 g/mol. The Balaban J connectivity index is 0.000000480. The molecule has 7 nitrogen and oxygen atoms in total. The quantitative estimate of drug-likeness (QED) is 0.209. The van der Waals surface area contributed by atoms with E-state index in [4.69, 9.17) is 9.47 Å². The molecule has 466 valence electrons. The lowest BCUT2D eigenvalue weighted by molar-refractivity contribution is -0.0656. The number of rotatable bonds is 0. The molecule has 3 N–H and O–H groups in total. The maximum atomic E-state index is 5.63. The number of H-pyrrole nitrogens is 2. The topological polar surface area (TPSA) is 87.8 Å². The van der Waals surface area contributed by atoms with E-state index in [0.717, 1.165) is 44.2 Å². The maximum absolute atomic E-state index is 5.63. The van der Waals surface area contributed by atoms with E-state index in [9.17, 15) is 0 Å². The van der Waals surface area contributed by atoms with Crippen molar-refractivity contribution in [2.45, 2.75) is 288 Å². The molecule has 3 aliphatic heterocycles. The van der Waals surface area contributed by atoms with E-state index in [1.165, 1.54) is 53.2 Å². The van der Waals surface area contributed by atoms with Crippen molar-refractivity contribution in [2.24, 2.45) is 68.0 Å².